The van der Waals surface area contributed by atoms with Crippen LogP contribution in [0.15, 0.2) is 36.4 Å². The first-order valence-corrected chi connectivity index (χ1v) is 10.1. The van der Waals surface area contributed by atoms with Crippen LogP contribution in [-0.2, 0) is 22.4 Å². The first kappa shape index (κ1) is 22.3. The summed E-state index contributed by atoms with van der Waals surface area (Å²) in [5, 5.41) is 12.1. The molecule has 0 spiro atoms. The number of hydrogen-bond acceptors (Lipinski definition) is 6. The van der Waals surface area contributed by atoms with E-state index in [4.69, 9.17) is 14.2 Å². The molecule has 166 valence electrons. The molecule has 8 nitrogen and oxygen atoms in total. The molecule has 0 aromatic heterocycles. The van der Waals surface area contributed by atoms with Crippen LogP contribution in [0, 0.1) is 0 Å². The van der Waals surface area contributed by atoms with Gasteiger partial charge in [-0.05, 0) is 54.7 Å². The van der Waals surface area contributed by atoms with Gasteiger partial charge in [-0.1, -0.05) is 12.1 Å². The van der Waals surface area contributed by atoms with Crippen LogP contribution >= 0.6 is 0 Å². The molecule has 31 heavy (non-hydrogen) atoms. The Morgan fingerprint density at radius 1 is 1.00 bits per heavy atom. The summed E-state index contributed by atoms with van der Waals surface area (Å²) in [5.41, 5.74) is 1.97. The minimum atomic E-state index is -0.574. The van der Waals surface area contributed by atoms with Gasteiger partial charge in [-0.15, -0.1) is 0 Å². The van der Waals surface area contributed by atoms with Crippen LogP contribution in [0.2, 0.25) is 0 Å². The van der Waals surface area contributed by atoms with E-state index in [-0.39, 0.29) is 11.8 Å². The van der Waals surface area contributed by atoms with E-state index in [1.807, 2.05) is 24.3 Å². The largest absolute Gasteiger partial charge is 0.508 e. The SMILES string of the molecule is COc1cc(CCCN2C(=O)C(=O)NC[C@@H]2Cc2ccc(O)cc2)cc(OC)c1OC. The van der Waals surface area contributed by atoms with Gasteiger partial charge in [0, 0.05) is 13.1 Å². The van der Waals surface area contributed by atoms with Crippen LogP contribution in [0.3, 0.4) is 0 Å². The summed E-state index contributed by atoms with van der Waals surface area (Å²) in [6.07, 6.45) is 1.94. The number of phenols is 1. The molecular weight excluding hydrogens is 400 g/mol. The van der Waals surface area contributed by atoms with Gasteiger partial charge < -0.3 is 29.5 Å². The molecule has 0 unspecified atom stereocenters. The van der Waals surface area contributed by atoms with Crippen molar-refractivity contribution < 1.29 is 28.9 Å². The van der Waals surface area contributed by atoms with Crippen LogP contribution in [0.5, 0.6) is 23.0 Å². The Balaban J connectivity index is 1.69. The normalized spacial score (nSPS) is 16.1. The number of rotatable bonds is 9. The Kier molecular flexibility index (Phi) is 7.23. The maximum atomic E-state index is 12.5. The van der Waals surface area contributed by atoms with E-state index in [0.29, 0.717) is 49.6 Å². The van der Waals surface area contributed by atoms with E-state index in [2.05, 4.69) is 5.32 Å². The molecule has 2 amide bonds. The first-order valence-electron chi connectivity index (χ1n) is 10.1. The molecule has 0 radical (unpaired) electrons. The lowest BCUT2D eigenvalue weighted by molar-refractivity contribution is -0.150. The number of methoxy groups -OCH3 is 3. The Morgan fingerprint density at radius 3 is 2.23 bits per heavy atom. The molecular formula is C23H28N2O6. The van der Waals surface area contributed by atoms with Crippen LogP contribution in [0.25, 0.3) is 0 Å². The second-order valence-electron chi connectivity index (χ2n) is 7.37. The molecule has 1 saturated heterocycles. The van der Waals surface area contributed by atoms with Crippen molar-refractivity contribution in [1.82, 2.24) is 10.2 Å². The number of nitrogens with one attached hydrogen (secondary N) is 1. The molecule has 1 fully saturated rings. The highest BCUT2D eigenvalue weighted by molar-refractivity contribution is 6.35. The number of amides is 2. The van der Waals surface area contributed by atoms with Crippen LogP contribution < -0.4 is 19.5 Å². The molecule has 0 aliphatic carbocycles. The van der Waals surface area contributed by atoms with Gasteiger partial charge in [-0.2, -0.15) is 0 Å². The maximum Gasteiger partial charge on any atom is 0.312 e. The number of ether oxygens (including phenoxy) is 3. The van der Waals surface area contributed by atoms with Crippen molar-refractivity contribution in [2.75, 3.05) is 34.4 Å². The van der Waals surface area contributed by atoms with Gasteiger partial charge in [-0.25, -0.2) is 0 Å². The fraction of sp³-hybridized carbons (Fsp3) is 0.391. The van der Waals surface area contributed by atoms with Crippen molar-refractivity contribution in [2.45, 2.75) is 25.3 Å². The zero-order chi connectivity index (χ0) is 22.4. The molecule has 1 aliphatic rings. The Morgan fingerprint density at radius 2 is 1.65 bits per heavy atom. The van der Waals surface area contributed by atoms with Crippen molar-refractivity contribution >= 4 is 11.8 Å². The number of phenolic OH excluding ortho intramolecular Hbond substituents is 1. The van der Waals surface area contributed by atoms with Crippen molar-refractivity contribution in [2.24, 2.45) is 0 Å². The highest BCUT2D eigenvalue weighted by Crippen LogP contribution is 2.38. The van der Waals surface area contributed by atoms with Gasteiger partial charge in [0.25, 0.3) is 0 Å². The summed E-state index contributed by atoms with van der Waals surface area (Å²) in [5.74, 6) is 0.796. The standard InChI is InChI=1S/C23H28N2O6/c1-29-19-12-16(13-20(30-2)21(19)31-3)5-4-10-25-17(14-24-22(27)23(25)28)11-15-6-8-18(26)9-7-15/h6-9,12-13,17,26H,4-5,10-11,14H2,1-3H3,(H,24,27)/t17-/m0/s1. The summed E-state index contributed by atoms with van der Waals surface area (Å²) in [6, 6.07) is 10.5. The summed E-state index contributed by atoms with van der Waals surface area (Å²) < 4.78 is 16.2. The molecule has 2 N–H and O–H groups in total. The molecule has 1 heterocycles. The van der Waals surface area contributed by atoms with E-state index in [1.54, 1.807) is 38.4 Å². The molecule has 2 aromatic rings. The average Bonchev–Trinajstić information content (AvgIpc) is 2.78. The van der Waals surface area contributed by atoms with Crippen molar-refractivity contribution in [3.05, 3.63) is 47.5 Å². The average molecular weight is 428 g/mol. The fourth-order valence-electron chi connectivity index (χ4n) is 3.80. The van der Waals surface area contributed by atoms with E-state index in [1.165, 1.54) is 0 Å². The lowest BCUT2D eigenvalue weighted by atomic mass is 10.0. The molecule has 2 aromatic carbocycles. The molecule has 0 saturated carbocycles. The molecule has 0 bridgehead atoms. The third-order valence-corrected chi connectivity index (χ3v) is 5.39. The topological polar surface area (TPSA) is 97.3 Å². The van der Waals surface area contributed by atoms with Gasteiger partial charge in [0.15, 0.2) is 11.5 Å². The highest BCUT2D eigenvalue weighted by Gasteiger charge is 2.33. The second-order valence-corrected chi connectivity index (χ2v) is 7.37. The van der Waals surface area contributed by atoms with Gasteiger partial charge in [0.2, 0.25) is 5.75 Å². The molecule has 3 rings (SSSR count). The monoisotopic (exact) mass is 428 g/mol. The number of carbonyl (C=O) groups is 2. The second kappa shape index (κ2) is 10.1. The summed E-state index contributed by atoms with van der Waals surface area (Å²) in [6.45, 7) is 0.849. The number of piperazine rings is 1. The predicted molar refractivity (Wildman–Crippen MR) is 115 cm³/mol. The number of carbonyl (C=O) groups excluding carboxylic acids is 2. The third kappa shape index (κ3) is 5.20. The lowest BCUT2D eigenvalue weighted by Crippen LogP contribution is -2.58. The Hall–Kier alpha value is -3.42. The lowest BCUT2D eigenvalue weighted by Gasteiger charge is -2.35. The van der Waals surface area contributed by atoms with Gasteiger partial charge in [-0.3, -0.25) is 9.59 Å². The Bertz CT molecular complexity index is 903. The van der Waals surface area contributed by atoms with Crippen LogP contribution in [-0.4, -0.2) is 62.3 Å². The fourth-order valence-corrected chi connectivity index (χ4v) is 3.80. The quantitative estimate of drug-likeness (QED) is 0.593. The van der Waals surface area contributed by atoms with Crippen molar-refractivity contribution in [3.63, 3.8) is 0 Å². The predicted octanol–water partition coefficient (Wildman–Crippen LogP) is 1.92. The number of hydrogen-bond donors (Lipinski definition) is 2. The first-order chi connectivity index (χ1) is 15.0. The van der Waals surface area contributed by atoms with E-state index in [9.17, 15) is 14.7 Å². The number of benzene rings is 2. The van der Waals surface area contributed by atoms with Gasteiger partial charge >= 0.3 is 11.8 Å². The molecule has 8 heteroatoms. The minimum absolute atomic E-state index is 0.144. The van der Waals surface area contributed by atoms with E-state index >= 15 is 0 Å². The summed E-state index contributed by atoms with van der Waals surface area (Å²) >= 11 is 0. The Labute approximate surface area is 181 Å². The summed E-state index contributed by atoms with van der Waals surface area (Å²) in [4.78, 5) is 26.1. The van der Waals surface area contributed by atoms with Crippen LogP contribution in [0.4, 0.5) is 0 Å². The minimum Gasteiger partial charge on any atom is -0.508 e. The maximum absolute atomic E-state index is 12.5. The van der Waals surface area contributed by atoms with Crippen LogP contribution in [0.1, 0.15) is 17.5 Å². The van der Waals surface area contributed by atoms with Gasteiger partial charge in [0.1, 0.15) is 5.75 Å². The molecule has 1 atom stereocenters. The van der Waals surface area contributed by atoms with E-state index < -0.39 is 11.8 Å². The highest BCUT2D eigenvalue weighted by atomic mass is 16.5. The number of aryl methyl sites for hydroxylation is 1. The molecule has 1 aliphatic heterocycles. The zero-order valence-electron chi connectivity index (χ0n) is 18.0. The van der Waals surface area contributed by atoms with Gasteiger partial charge in [0.05, 0.1) is 27.4 Å². The third-order valence-electron chi connectivity index (χ3n) is 5.39. The summed E-state index contributed by atoms with van der Waals surface area (Å²) in [7, 11) is 4.70. The van der Waals surface area contributed by atoms with Crippen molar-refractivity contribution in [1.29, 1.82) is 0 Å². The number of aromatic hydroxyl groups is 1. The van der Waals surface area contributed by atoms with E-state index in [0.717, 1.165) is 11.1 Å². The van der Waals surface area contributed by atoms with Crippen molar-refractivity contribution in [3.8, 4) is 23.0 Å². The zero-order valence-corrected chi connectivity index (χ0v) is 18.0. The smallest absolute Gasteiger partial charge is 0.312 e. The number of nitrogens with zero attached hydrogens (tertiary/aromatic N) is 1.